The first kappa shape index (κ1) is 21.6. The minimum absolute atomic E-state index is 0.00672. The number of thioether (sulfide) groups is 1. The highest BCUT2D eigenvalue weighted by molar-refractivity contribution is 8.01. The lowest BCUT2D eigenvalue weighted by Crippen LogP contribution is -2.62. The van der Waals surface area contributed by atoms with Gasteiger partial charge in [0, 0.05) is 16.5 Å². The second-order valence-corrected chi connectivity index (χ2v) is 10.7. The van der Waals surface area contributed by atoms with Crippen LogP contribution in [0.25, 0.3) is 0 Å². The van der Waals surface area contributed by atoms with E-state index in [9.17, 15) is 13.2 Å². The summed E-state index contributed by atoms with van der Waals surface area (Å²) >= 11 is 1.51. The quantitative estimate of drug-likeness (QED) is 0.435. The van der Waals surface area contributed by atoms with Crippen LogP contribution in [0.2, 0.25) is 0 Å². The van der Waals surface area contributed by atoms with Gasteiger partial charge in [-0.3, -0.25) is 10.0 Å². The van der Waals surface area contributed by atoms with Crippen LogP contribution >= 0.6 is 11.8 Å². The molecule has 1 aliphatic heterocycles. The van der Waals surface area contributed by atoms with E-state index in [4.69, 9.17) is 9.94 Å². The molecule has 2 atom stereocenters. The summed E-state index contributed by atoms with van der Waals surface area (Å²) in [6.07, 6.45) is 0. The molecule has 1 saturated heterocycles. The lowest BCUT2D eigenvalue weighted by Gasteiger charge is -2.46. The molecular formula is C18H24N2O5S2. The molecule has 7 nitrogen and oxygen atoms in total. The molecule has 0 aliphatic carbocycles. The van der Waals surface area contributed by atoms with Crippen molar-refractivity contribution in [1.29, 1.82) is 0 Å². The summed E-state index contributed by atoms with van der Waals surface area (Å²) < 4.78 is 32.3. The molecular weight excluding hydrogens is 388 g/mol. The van der Waals surface area contributed by atoms with Gasteiger partial charge in [-0.2, -0.15) is 4.31 Å². The molecule has 1 amide bonds. The SMILES string of the molecule is CC#CCOc1ccc(S(=O)(=O)N2CC(C)SC(C)(C)C2C(=O)NO)cc1. The minimum atomic E-state index is -3.95. The van der Waals surface area contributed by atoms with E-state index in [2.05, 4.69) is 11.8 Å². The Balaban J connectivity index is 2.36. The van der Waals surface area contributed by atoms with Crippen LogP contribution in [0.3, 0.4) is 0 Å². The number of hydrogen-bond donors (Lipinski definition) is 2. The Hall–Kier alpha value is -1.73. The van der Waals surface area contributed by atoms with Crippen LogP contribution in [0.15, 0.2) is 29.2 Å². The first-order valence-corrected chi connectivity index (χ1v) is 10.7. The molecule has 0 bridgehead atoms. The van der Waals surface area contributed by atoms with E-state index in [0.717, 1.165) is 4.31 Å². The van der Waals surface area contributed by atoms with Gasteiger partial charge in [-0.15, -0.1) is 17.7 Å². The second kappa shape index (κ2) is 8.52. The molecule has 1 aromatic carbocycles. The zero-order valence-electron chi connectivity index (χ0n) is 15.7. The van der Waals surface area contributed by atoms with Crippen molar-refractivity contribution in [3.63, 3.8) is 0 Å². The molecule has 2 rings (SSSR count). The number of sulfonamides is 1. The zero-order chi connectivity index (χ0) is 20.2. The third-order valence-corrected chi connectivity index (χ3v) is 7.39. The first-order chi connectivity index (χ1) is 12.6. The van der Waals surface area contributed by atoms with Gasteiger partial charge in [0.1, 0.15) is 18.4 Å². The number of carbonyl (C=O) groups excluding carboxylic acids is 1. The Morgan fingerprint density at radius 3 is 2.59 bits per heavy atom. The molecule has 1 heterocycles. The Bertz CT molecular complexity index is 841. The van der Waals surface area contributed by atoms with Crippen LogP contribution in [0, 0.1) is 11.8 Å². The van der Waals surface area contributed by atoms with Gasteiger partial charge in [0.2, 0.25) is 10.0 Å². The average Bonchev–Trinajstić information content (AvgIpc) is 2.60. The number of benzene rings is 1. The molecule has 1 aromatic rings. The topological polar surface area (TPSA) is 95.9 Å². The molecule has 0 radical (unpaired) electrons. The highest BCUT2D eigenvalue weighted by Gasteiger charge is 2.50. The minimum Gasteiger partial charge on any atom is -0.481 e. The maximum absolute atomic E-state index is 13.2. The fourth-order valence-electron chi connectivity index (χ4n) is 3.11. The lowest BCUT2D eigenvalue weighted by atomic mass is 10.0. The monoisotopic (exact) mass is 412 g/mol. The van der Waals surface area contributed by atoms with Crippen molar-refractivity contribution in [2.75, 3.05) is 13.2 Å². The molecule has 0 aromatic heterocycles. The van der Waals surface area contributed by atoms with Gasteiger partial charge in [0.15, 0.2) is 0 Å². The molecule has 148 valence electrons. The van der Waals surface area contributed by atoms with Gasteiger partial charge in [-0.1, -0.05) is 12.8 Å². The summed E-state index contributed by atoms with van der Waals surface area (Å²) in [6.45, 7) is 7.59. The summed E-state index contributed by atoms with van der Waals surface area (Å²) in [5, 5.41) is 9.11. The van der Waals surface area contributed by atoms with Crippen LogP contribution in [0.5, 0.6) is 5.75 Å². The van der Waals surface area contributed by atoms with E-state index in [1.165, 1.54) is 23.9 Å². The standard InChI is InChI=1S/C18H24N2O5S2/c1-5-6-11-25-14-7-9-15(10-8-14)27(23,24)20-12-13(2)26-18(3,4)16(20)17(21)19-22/h7-10,13,16,22H,11-12H2,1-4H3,(H,19,21). The van der Waals surface area contributed by atoms with Crippen molar-refractivity contribution < 1.29 is 23.2 Å². The summed E-state index contributed by atoms with van der Waals surface area (Å²) in [7, 11) is -3.95. The Morgan fingerprint density at radius 2 is 2.04 bits per heavy atom. The molecule has 0 spiro atoms. The van der Waals surface area contributed by atoms with Crippen molar-refractivity contribution in [3.05, 3.63) is 24.3 Å². The van der Waals surface area contributed by atoms with Crippen LogP contribution < -0.4 is 10.2 Å². The largest absolute Gasteiger partial charge is 0.481 e. The number of rotatable bonds is 5. The number of amides is 1. The fraction of sp³-hybridized carbons (Fsp3) is 0.500. The maximum Gasteiger partial charge on any atom is 0.263 e. The van der Waals surface area contributed by atoms with Crippen molar-refractivity contribution in [3.8, 4) is 17.6 Å². The molecule has 9 heteroatoms. The van der Waals surface area contributed by atoms with Gasteiger partial charge < -0.3 is 4.74 Å². The van der Waals surface area contributed by atoms with E-state index >= 15 is 0 Å². The highest BCUT2D eigenvalue weighted by atomic mass is 32.2. The lowest BCUT2D eigenvalue weighted by molar-refractivity contribution is -0.134. The van der Waals surface area contributed by atoms with E-state index in [1.54, 1.807) is 38.4 Å². The van der Waals surface area contributed by atoms with Crippen LogP contribution in [-0.2, 0) is 14.8 Å². The molecule has 27 heavy (non-hydrogen) atoms. The first-order valence-electron chi connectivity index (χ1n) is 8.39. The number of hydroxylamine groups is 1. The summed E-state index contributed by atoms with van der Waals surface area (Å²) in [5.74, 6) is 5.23. The predicted molar refractivity (Wildman–Crippen MR) is 104 cm³/mol. The number of carbonyl (C=O) groups is 1. The van der Waals surface area contributed by atoms with Gasteiger partial charge in [-0.05, 0) is 45.0 Å². The van der Waals surface area contributed by atoms with Crippen molar-refractivity contribution >= 4 is 27.7 Å². The molecule has 2 N–H and O–H groups in total. The van der Waals surface area contributed by atoms with E-state index < -0.39 is 26.7 Å². The molecule has 2 unspecified atom stereocenters. The van der Waals surface area contributed by atoms with Gasteiger partial charge in [-0.25, -0.2) is 13.9 Å². The summed E-state index contributed by atoms with van der Waals surface area (Å²) in [4.78, 5) is 12.3. The number of nitrogens with one attached hydrogen (secondary N) is 1. The van der Waals surface area contributed by atoms with E-state index in [-0.39, 0.29) is 23.3 Å². The molecule has 1 fully saturated rings. The molecule has 0 saturated carbocycles. The van der Waals surface area contributed by atoms with Crippen molar-refractivity contribution in [2.24, 2.45) is 0 Å². The van der Waals surface area contributed by atoms with Gasteiger partial charge in [0.25, 0.3) is 5.91 Å². The van der Waals surface area contributed by atoms with Gasteiger partial charge in [0.05, 0.1) is 4.90 Å². The third kappa shape index (κ3) is 4.76. The highest BCUT2D eigenvalue weighted by Crippen LogP contribution is 2.41. The Morgan fingerprint density at radius 1 is 1.41 bits per heavy atom. The van der Waals surface area contributed by atoms with E-state index in [1.807, 2.05) is 6.92 Å². The van der Waals surface area contributed by atoms with Gasteiger partial charge >= 0.3 is 0 Å². The summed E-state index contributed by atoms with van der Waals surface area (Å²) in [5.41, 5.74) is 1.61. The van der Waals surface area contributed by atoms with Crippen LogP contribution in [0.4, 0.5) is 0 Å². The van der Waals surface area contributed by atoms with Crippen molar-refractivity contribution in [1.82, 2.24) is 9.79 Å². The Kier molecular flexibility index (Phi) is 6.81. The number of ether oxygens (including phenoxy) is 1. The predicted octanol–water partition coefficient (Wildman–Crippen LogP) is 1.87. The normalized spacial score (nSPS) is 22.4. The number of hydrogen-bond acceptors (Lipinski definition) is 6. The zero-order valence-corrected chi connectivity index (χ0v) is 17.4. The molecule has 1 aliphatic rings. The smallest absolute Gasteiger partial charge is 0.263 e. The average molecular weight is 413 g/mol. The van der Waals surface area contributed by atoms with E-state index in [0.29, 0.717) is 5.75 Å². The van der Waals surface area contributed by atoms with Crippen LogP contribution in [0.1, 0.15) is 27.7 Å². The van der Waals surface area contributed by atoms with Crippen LogP contribution in [-0.4, -0.2) is 53.0 Å². The second-order valence-electron chi connectivity index (χ2n) is 6.67. The third-order valence-electron chi connectivity index (χ3n) is 4.17. The fourth-order valence-corrected chi connectivity index (χ4v) is 6.71. The maximum atomic E-state index is 13.2. The Labute approximate surface area is 164 Å². The summed E-state index contributed by atoms with van der Waals surface area (Å²) in [6, 6.07) is 4.95. The van der Waals surface area contributed by atoms with Crippen molar-refractivity contribution in [2.45, 2.75) is 48.6 Å². The number of nitrogens with zero attached hydrogens (tertiary/aromatic N) is 1.